The maximum Gasteiger partial charge on any atom is 0.320 e. The monoisotopic (exact) mass is 361 g/mol. The summed E-state index contributed by atoms with van der Waals surface area (Å²) in [7, 11) is 0. The summed E-state index contributed by atoms with van der Waals surface area (Å²) in [4.78, 5) is 27.0. The minimum Gasteiger partial charge on any atom is -0.355 e. The number of amides is 3. The highest BCUT2D eigenvalue weighted by Crippen LogP contribution is 2.28. The Hall–Kier alpha value is -3.23. The second-order valence-corrected chi connectivity index (χ2v) is 5.99. The minimum atomic E-state index is -3.05. The summed E-state index contributed by atoms with van der Waals surface area (Å²) in [6, 6.07) is 8.11. The first-order chi connectivity index (χ1) is 12.3. The maximum atomic E-state index is 12.8. The summed E-state index contributed by atoms with van der Waals surface area (Å²) in [6.07, 6.45) is 0.709. The van der Waals surface area contributed by atoms with Crippen LogP contribution in [-0.2, 0) is 11.3 Å². The van der Waals surface area contributed by atoms with Gasteiger partial charge in [0.05, 0.1) is 13.0 Å². The quantitative estimate of drug-likeness (QED) is 0.656. The molecule has 0 fully saturated rings. The van der Waals surface area contributed by atoms with Crippen LogP contribution in [0.4, 0.5) is 36.5 Å². The fourth-order valence-corrected chi connectivity index (χ4v) is 2.50. The number of rotatable bonds is 5. The molecule has 0 saturated heterocycles. The number of urea groups is 1. The molecule has 4 N–H and O–H groups in total. The van der Waals surface area contributed by atoms with Gasteiger partial charge < -0.3 is 16.0 Å². The Morgan fingerprint density at radius 3 is 2.62 bits per heavy atom. The van der Waals surface area contributed by atoms with Crippen molar-refractivity contribution in [3.63, 3.8) is 0 Å². The Morgan fingerprint density at radius 1 is 1.23 bits per heavy atom. The Morgan fingerprint density at radius 2 is 1.92 bits per heavy atom. The average molecular weight is 361 g/mol. The lowest BCUT2D eigenvalue weighted by molar-refractivity contribution is -0.122. The van der Waals surface area contributed by atoms with Crippen molar-refractivity contribution in [1.29, 1.82) is 0 Å². The Balaban J connectivity index is 1.68. The van der Waals surface area contributed by atoms with Crippen molar-refractivity contribution < 1.29 is 18.4 Å². The number of alkyl halides is 2. The molecule has 3 rings (SSSR count). The van der Waals surface area contributed by atoms with Crippen molar-refractivity contribution in [3.05, 3.63) is 42.1 Å². The first-order valence-electron chi connectivity index (χ1n) is 7.88. The maximum absolute atomic E-state index is 12.8. The zero-order valence-electron chi connectivity index (χ0n) is 13.9. The molecule has 1 aromatic carbocycles. The van der Waals surface area contributed by atoms with Gasteiger partial charge in [0.25, 0.3) is 5.92 Å². The van der Waals surface area contributed by atoms with Crippen LogP contribution in [0.1, 0.15) is 18.9 Å². The predicted octanol–water partition coefficient (Wildman–Crippen LogP) is 3.44. The largest absolute Gasteiger partial charge is 0.355 e. The van der Waals surface area contributed by atoms with Crippen LogP contribution >= 0.6 is 0 Å². The summed E-state index contributed by atoms with van der Waals surface area (Å²) < 4.78 is 25.7. The van der Waals surface area contributed by atoms with Crippen molar-refractivity contribution in [2.75, 3.05) is 16.0 Å². The second-order valence-electron chi connectivity index (χ2n) is 5.99. The van der Waals surface area contributed by atoms with E-state index in [2.05, 4.69) is 26.3 Å². The van der Waals surface area contributed by atoms with E-state index in [9.17, 15) is 18.4 Å². The normalized spacial score (nSPS) is 13.3. The lowest BCUT2D eigenvalue weighted by Gasteiger charge is -2.20. The van der Waals surface area contributed by atoms with Gasteiger partial charge in [0.2, 0.25) is 5.91 Å². The molecule has 7 nitrogen and oxygen atoms in total. The van der Waals surface area contributed by atoms with Gasteiger partial charge in [-0.05, 0) is 37.3 Å². The summed E-state index contributed by atoms with van der Waals surface area (Å²) >= 11 is 0. The third-order valence-corrected chi connectivity index (χ3v) is 3.63. The number of benzene rings is 1. The van der Waals surface area contributed by atoms with Crippen LogP contribution in [0.2, 0.25) is 0 Å². The summed E-state index contributed by atoms with van der Waals surface area (Å²) in [5.41, 5.74) is 2.74. The molecule has 0 saturated carbocycles. The van der Waals surface area contributed by atoms with E-state index in [1.807, 2.05) is 0 Å². The molecule has 0 bridgehead atoms. The SMILES string of the molecule is CC(F)(F)CC(=O)Nc1ccc(Nc2ccnc3c2CNC(=O)N3)cc1. The summed E-state index contributed by atoms with van der Waals surface area (Å²) in [5, 5.41) is 10.9. The molecule has 2 heterocycles. The van der Waals surface area contributed by atoms with Gasteiger partial charge in [0.15, 0.2) is 0 Å². The molecule has 136 valence electrons. The van der Waals surface area contributed by atoms with E-state index in [-0.39, 0.29) is 6.03 Å². The molecule has 1 aromatic heterocycles. The van der Waals surface area contributed by atoms with E-state index in [1.165, 1.54) is 0 Å². The third-order valence-electron chi connectivity index (χ3n) is 3.63. The van der Waals surface area contributed by atoms with Gasteiger partial charge in [-0.2, -0.15) is 0 Å². The highest BCUT2D eigenvalue weighted by Gasteiger charge is 2.25. The van der Waals surface area contributed by atoms with E-state index in [4.69, 9.17) is 0 Å². The van der Waals surface area contributed by atoms with Crippen LogP contribution < -0.4 is 21.3 Å². The summed E-state index contributed by atoms with van der Waals surface area (Å²) in [5.74, 6) is -3.30. The van der Waals surface area contributed by atoms with E-state index in [0.29, 0.717) is 25.0 Å². The van der Waals surface area contributed by atoms with Crippen LogP contribution in [0, 0.1) is 0 Å². The number of carbonyl (C=O) groups is 2. The van der Waals surface area contributed by atoms with Crippen molar-refractivity contribution in [2.45, 2.75) is 25.8 Å². The van der Waals surface area contributed by atoms with Gasteiger partial charge in [0.1, 0.15) is 5.82 Å². The molecule has 9 heteroatoms. The van der Waals surface area contributed by atoms with Gasteiger partial charge in [0, 0.05) is 28.8 Å². The number of halogens is 2. The molecule has 1 aliphatic heterocycles. The highest BCUT2D eigenvalue weighted by molar-refractivity contribution is 5.93. The number of pyridine rings is 1. The molecule has 26 heavy (non-hydrogen) atoms. The van der Waals surface area contributed by atoms with Crippen LogP contribution in [-0.4, -0.2) is 22.8 Å². The number of anilines is 4. The fraction of sp³-hybridized carbons (Fsp3) is 0.235. The first-order valence-corrected chi connectivity index (χ1v) is 7.88. The van der Waals surface area contributed by atoms with E-state index in [1.54, 1.807) is 36.5 Å². The predicted molar refractivity (Wildman–Crippen MR) is 93.7 cm³/mol. The fourth-order valence-electron chi connectivity index (χ4n) is 2.50. The number of hydrogen-bond donors (Lipinski definition) is 4. The molecular formula is C17H17F2N5O2. The molecule has 0 radical (unpaired) electrons. The smallest absolute Gasteiger partial charge is 0.320 e. The van der Waals surface area contributed by atoms with Gasteiger partial charge in [-0.3, -0.25) is 10.1 Å². The Labute approximate surface area is 148 Å². The zero-order valence-corrected chi connectivity index (χ0v) is 13.9. The van der Waals surface area contributed by atoms with Gasteiger partial charge in [-0.15, -0.1) is 0 Å². The van der Waals surface area contributed by atoms with Gasteiger partial charge in [-0.1, -0.05) is 0 Å². The Kier molecular flexibility index (Phi) is 4.70. The van der Waals surface area contributed by atoms with Crippen molar-refractivity contribution in [1.82, 2.24) is 10.3 Å². The zero-order chi connectivity index (χ0) is 18.7. The van der Waals surface area contributed by atoms with E-state index >= 15 is 0 Å². The van der Waals surface area contributed by atoms with Crippen molar-refractivity contribution >= 4 is 34.8 Å². The van der Waals surface area contributed by atoms with E-state index in [0.717, 1.165) is 16.9 Å². The number of nitrogens with one attached hydrogen (secondary N) is 4. The lowest BCUT2D eigenvalue weighted by atomic mass is 10.1. The highest BCUT2D eigenvalue weighted by atomic mass is 19.3. The van der Waals surface area contributed by atoms with Crippen LogP contribution in [0.3, 0.4) is 0 Å². The molecule has 3 amide bonds. The van der Waals surface area contributed by atoms with Crippen molar-refractivity contribution in [3.8, 4) is 0 Å². The molecule has 2 aromatic rings. The number of carbonyl (C=O) groups excluding carboxylic acids is 2. The minimum absolute atomic E-state index is 0.306. The molecule has 0 aliphatic carbocycles. The number of hydrogen-bond acceptors (Lipinski definition) is 4. The standard InChI is InChI=1S/C17H17F2N5O2/c1-17(18,19)8-14(25)23-11-4-2-10(3-5-11)22-13-6-7-20-15-12(13)9-21-16(26)24-15/h2-7H,8-9H2,1H3,(H,23,25)(H3,20,21,22,24,26). The van der Waals surface area contributed by atoms with Crippen LogP contribution in [0.5, 0.6) is 0 Å². The number of nitrogens with zero attached hydrogens (tertiary/aromatic N) is 1. The second kappa shape index (κ2) is 6.95. The van der Waals surface area contributed by atoms with Crippen LogP contribution in [0.15, 0.2) is 36.5 Å². The topological polar surface area (TPSA) is 95.2 Å². The van der Waals surface area contributed by atoms with Gasteiger partial charge in [-0.25, -0.2) is 18.6 Å². The molecule has 0 unspecified atom stereocenters. The third kappa shape index (κ3) is 4.44. The first kappa shape index (κ1) is 17.6. The number of fused-ring (bicyclic) bond motifs is 1. The molecule has 0 spiro atoms. The molecule has 0 atom stereocenters. The van der Waals surface area contributed by atoms with Crippen LogP contribution in [0.25, 0.3) is 0 Å². The average Bonchev–Trinajstić information content (AvgIpc) is 2.55. The number of aromatic nitrogens is 1. The molecule has 1 aliphatic rings. The van der Waals surface area contributed by atoms with E-state index < -0.39 is 18.3 Å². The summed E-state index contributed by atoms with van der Waals surface area (Å²) in [6.45, 7) is 1.04. The van der Waals surface area contributed by atoms with Crippen molar-refractivity contribution in [2.24, 2.45) is 0 Å². The molecular weight excluding hydrogens is 344 g/mol. The lowest BCUT2D eigenvalue weighted by Crippen LogP contribution is -2.34. The van der Waals surface area contributed by atoms with Gasteiger partial charge >= 0.3 is 6.03 Å². The Bertz CT molecular complexity index is 834.